The smallest absolute Gasteiger partial charge is 0.140 e. The second kappa shape index (κ2) is 5.89. The zero-order valence-electron chi connectivity index (χ0n) is 14.7. The normalized spacial score (nSPS) is 31.6. The Morgan fingerprint density at radius 3 is 2.48 bits per heavy atom. The van der Waals surface area contributed by atoms with Crippen molar-refractivity contribution in [3.05, 3.63) is 29.6 Å². The Labute approximate surface area is 139 Å². The Kier molecular flexibility index (Phi) is 4.20. The van der Waals surface area contributed by atoms with E-state index in [9.17, 15) is 5.26 Å². The van der Waals surface area contributed by atoms with E-state index in [2.05, 4.69) is 36.7 Å². The molecular formula is C19H27N3O. The van der Waals surface area contributed by atoms with Crippen molar-refractivity contribution in [1.82, 2.24) is 9.88 Å². The number of nitrogens with zero attached hydrogens (tertiary/aromatic N) is 3. The summed E-state index contributed by atoms with van der Waals surface area (Å²) in [6, 6.07) is 6.15. The highest BCUT2D eigenvalue weighted by Gasteiger charge is 2.54. The van der Waals surface area contributed by atoms with Gasteiger partial charge in [-0.25, -0.2) is 4.98 Å². The van der Waals surface area contributed by atoms with E-state index in [-0.39, 0.29) is 11.1 Å². The fraction of sp³-hybridized carbons (Fsp3) is 0.684. The summed E-state index contributed by atoms with van der Waals surface area (Å²) < 4.78 is 6.23. The van der Waals surface area contributed by atoms with Gasteiger partial charge in [0.2, 0.25) is 0 Å². The van der Waals surface area contributed by atoms with Crippen LogP contribution >= 0.6 is 0 Å². The van der Waals surface area contributed by atoms with E-state index in [4.69, 9.17) is 4.74 Å². The topological polar surface area (TPSA) is 49.1 Å². The third-order valence-electron chi connectivity index (χ3n) is 5.81. The minimum absolute atomic E-state index is 0.184. The van der Waals surface area contributed by atoms with Crippen LogP contribution in [0.4, 0.5) is 0 Å². The van der Waals surface area contributed by atoms with Gasteiger partial charge in [-0.15, -0.1) is 0 Å². The molecule has 4 heteroatoms. The maximum absolute atomic E-state index is 9.21. The lowest BCUT2D eigenvalue weighted by Gasteiger charge is -2.57. The SMILES string of the molecule is COC1(c2ccnc(C#N)c2)[C@@H]2CCC[C@H]1CN(C(C)(C)C)C2. The van der Waals surface area contributed by atoms with Crippen molar-refractivity contribution in [2.45, 2.75) is 51.2 Å². The Hall–Kier alpha value is -1.44. The lowest BCUT2D eigenvalue weighted by Crippen LogP contribution is -2.62. The van der Waals surface area contributed by atoms with Gasteiger partial charge in [-0.05, 0) is 51.3 Å². The maximum Gasteiger partial charge on any atom is 0.140 e. The first-order valence-electron chi connectivity index (χ1n) is 8.58. The highest BCUT2D eigenvalue weighted by molar-refractivity contribution is 5.32. The van der Waals surface area contributed by atoms with Gasteiger partial charge >= 0.3 is 0 Å². The molecule has 1 aliphatic heterocycles. The lowest BCUT2D eigenvalue weighted by atomic mass is 9.62. The molecule has 4 nitrogen and oxygen atoms in total. The van der Waals surface area contributed by atoms with Crippen LogP contribution in [-0.4, -0.2) is 35.6 Å². The van der Waals surface area contributed by atoms with Gasteiger partial charge in [0.15, 0.2) is 0 Å². The summed E-state index contributed by atoms with van der Waals surface area (Å²) in [6.45, 7) is 8.99. The molecule has 2 aliphatic rings. The minimum Gasteiger partial charge on any atom is -0.373 e. The van der Waals surface area contributed by atoms with Crippen LogP contribution in [0, 0.1) is 23.2 Å². The maximum atomic E-state index is 9.21. The molecule has 2 fully saturated rings. The number of pyridine rings is 1. The Balaban J connectivity index is 2.03. The van der Waals surface area contributed by atoms with Crippen molar-refractivity contribution in [1.29, 1.82) is 5.26 Å². The van der Waals surface area contributed by atoms with Crippen LogP contribution in [0.25, 0.3) is 0 Å². The van der Waals surface area contributed by atoms with Crippen LogP contribution in [-0.2, 0) is 10.3 Å². The van der Waals surface area contributed by atoms with Gasteiger partial charge in [0.05, 0.1) is 0 Å². The molecule has 2 bridgehead atoms. The molecular weight excluding hydrogens is 286 g/mol. The minimum atomic E-state index is -0.269. The third-order valence-corrected chi connectivity index (χ3v) is 5.81. The predicted molar refractivity (Wildman–Crippen MR) is 89.8 cm³/mol. The van der Waals surface area contributed by atoms with Gasteiger partial charge in [-0.1, -0.05) is 6.42 Å². The molecule has 1 saturated heterocycles. The molecule has 2 heterocycles. The number of nitriles is 1. The van der Waals surface area contributed by atoms with Crippen LogP contribution in [0.2, 0.25) is 0 Å². The Bertz CT molecular complexity index is 600. The van der Waals surface area contributed by atoms with Crippen LogP contribution < -0.4 is 0 Å². The molecule has 1 saturated carbocycles. The van der Waals surface area contributed by atoms with Crippen LogP contribution in [0.5, 0.6) is 0 Å². The van der Waals surface area contributed by atoms with Crippen molar-refractivity contribution in [3.63, 3.8) is 0 Å². The van der Waals surface area contributed by atoms with Gasteiger partial charge in [0.1, 0.15) is 17.4 Å². The van der Waals surface area contributed by atoms with Crippen LogP contribution in [0.1, 0.15) is 51.3 Å². The van der Waals surface area contributed by atoms with E-state index in [0.717, 1.165) is 18.7 Å². The van der Waals surface area contributed by atoms with Gasteiger partial charge in [0.25, 0.3) is 0 Å². The summed E-state index contributed by atoms with van der Waals surface area (Å²) in [5.41, 5.74) is 1.53. The fourth-order valence-corrected chi connectivity index (χ4v) is 4.64. The number of piperidine rings is 1. The average molecular weight is 313 g/mol. The van der Waals surface area contributed by atoms with Crippen molar-refractivity contribution in [2.75, 3.05) is 20.2 Å². The molecule has 23 heavy (non-hydrogen) atoms. The van der Waals surface area contributed by atoms with E-state index >= 15 is 0 Å². The molecule has 3 atom stereocenters. The van der Waals surface area contributed by atoms with Gasteiger partial charge in [-0.3, -0.25) is 4.90 Å². The van der Waals surface area contributed by atoms with E-state index in [1.807, 2.05) is 19.2 Å². The van der Waals surface area contributed by atoms with Crippen LogP contribution in [0.3, 0.4) is 0 Å². The van der Waals surface area contributed by atoms with E-state index in [0.29, 0.717) is 17.5 Å². The lowest BCUT2D eigenvalue weighted by molar-refractivity contribution is -0.179. The summed E-state index contributed by atoms with van der Waals surface area (Å²) in [4.78, 5) is 6.74. The standard InChI is InChI=1S/C19H27N3O/c1-18(2,3)22-12-15-6-5-7-16(13-22)19(15,23-4)14-8-9-21-17(10-14)11-20/h8-10,15-16H,5-7,12-13H2,1-4H3/t15-,16+,19?. The second-order valence-corrected chi connectivity index (χ2v) is 7.94. The largest absolute Gasteiger partial charge is 0.373 e. The first kappa shape index (κ1) is 16.4. The highest BCUT2D eigenvalue weighted by Crippen LogP contribution is 2.52. The van der Waals surface area contributed by atoms with E-state index < -0.39 is 0 Å². The number of aromatic nitrogens is 1. The molecule has 0 aromatic carbocycles. The molecule has 0 spiro atoms. The predicted octanol–water partition coefficient (Wildman–Crippen LogP) is 3.33. The molecule has 1 aliphatic carbocycles. The van der Waals surface area contributed by atoms with Gasteiger partial charge < -0.3 is 4.74 Å². The monoisotopic (exact) mass is 313 g/mol. The molecule has 0 amide bonds. The summed E-state index contributed by atoms with van der Waals surface area (Å²) in [5, 5.41) is 9.21. The fourth-order valence-electron chi connectivity index (χ4n) is 4.64. The van der Waals surface area contributed by atoms with Gasteiger partial charge in [0, 0.05) is 43.8 Å². The quantitative estimate of drug-likeness (QED) is 0.840. The molecule has 0 N–H and O–H groups in total. The molecule has 1 unspecified atom stereocenters. The zero-order chi connectivity index (χ0) is 16.7. The van der Waals surface area contributed by atoms with Gasteiger partial charge in [-0.2, -0.15) is 5.26 Å². The zero-order valence-corrected chi connectivity index (χ0v) is 14.7. The van der Waals surface area contributed by atoms with Crippen molar-refractivity contribution >= 4 is 0 Å². The number of hydrogen-bond donors (Lipinski definition) is 0. The second-order valence-electron chi connectivity index (χ2n) is 7.94. The Morgan fingerprint density at radius 1 is 1.30 bits per heavy atom. The first-order chi connectivity index (χ1) is 10.9. The molecule has 1 aromatic heterocycles. The number of methoxy groups -OCH3 is 1. The summed E-state index contributed by atoms with van der Waals surface area (Å²) in [7, 11) is 1.84. The highest BCUT2D eigenvalue weighted by atomic mass is 16.5. The van der Waals surface area contributed by atoms with Crippen molar-refractivity contribution < 1.29 is 4.74 Å². The van der Waals surface area contributed by atoms with E-state index in [1.165, 1.54) is 19.3 Å². The van der Waals surface area contributed by atoms with Crippen molar-refractivity contribution in [3.8, 4) is 6.07 Å². The average Bonchev–Trinajstić information content (AvgIpc) is 2.52. The summed E-state index contributed by atoms with van der Waals surface area (Å²) in [6.07, 6.45) is 5.39. The number of hydrogen-bond acceptors (Lipinski definition) is 4. The number of fused-ring (bicyclic) bond motifs is 2. The number of likely N-dealkylation sites (tertiary alicyclic amines) is 1. The number of ether oxygens (including phenoxy) is 1. The van der Waals surface area contributed by atoms with Crippen LogP contribution in [0.15, 0.2) is 18.3 Å². The number of rotatable bonds is 2. The third kappa shape index (κ3) is 2.66. The summed E-state index contributed by atoms with van der Waals surface area (Å²) in [5.74, 6) is 0.932. The first-order valence-corrected chi connectivity index (χ1v) is 8.58. The molecule has 3 rings (SSSR count). The molecule has 124 valence electrons. The molecule has 1 aromatic rings. The summed E-state index contributed by atoms with van der Waals surface area (Å²) >= 11 is 0. The Morgan fingerprint density at radius 2 is 1.96 bits per heavy atom. The van der Waals surface area contributed by atoms with Crippen molar-refractivity contribution in [2.24, 2.45) is 11.8 Å². The van der Waals surface area contributed by atoms with E-state index in [1.54, 1.807) is 6.20 Å². The molecule has 0 radical (unpaired) electrons.